The van der Waals surface area contributed by atoms with E-state index in [0.717, 1.165) is 16.3 Å². The van der Waals surface area contributed by atoms with Crippen LogP contribution in [0.4, 0.5) is 0 Å². The Labute approximate surface area is 189 Å². The molecule has 1 atom stereocenters. The summed E-state index contributed by atoms with van der Waals surface area (Å²) in [7, 11) is 0. The van der Waals surface area contributed by atoms with Gasteiger partial charge in [-0.05, 0) is 63.1 Å². The Morgan fingerprint density at radius 2 is 1.28 bits per heavy atom. The van der Waals surface area contributed by atoms with Gasteiger partial charge in [-0.3, -0.25) is 14.4 Å². The van der Waals surface area contributed by atoms with E-state index in [0.29, 0.717) is 5.56 Å². The maximum absolute atomic E-state index is 12.8. The van der Waals surface area contributed by atoms with Crippen LogP contribution in [0, 0.1) is 0 Å². The van der Waals surface area contributed by atoms with E-state index in [4.69, 9.17) is 0 Å². The van der Waals surface area contributed by atoms with Crippen LogP contribution in [0.1, 0.15) is 66.9 Å². The fraction of sp³-hybridized carbons (Fsp3) is 0.296. The minimum absolute atomic E-state index is 0.0768. The van der Waals surface area contributed by atoms with Crippen LogP contribution >= 0.6 is 0 Å². The topological polar surface area (TPSA) is 66.5 Å². The van der Waals surface area contributed by atoms with Crippen molar-refractivity contribution in [3.63, 3.8) is 0 Å². The summed E-state index contributed by atoms with van der Waals surface area (Å²) in [6.45, 7) is 9.49. The number of hydrogen-bond acceptors (Lipinski definition) is 3. The number of rotatable bonds is 7. The Balaban J connectivity index is 1.73. The lowest BCUT2D eigenvalue weighted by molar-refractivity contribution is -0.129. The van der Waals surface area contributed by atoms with E-state index >= 15 is 0 Å². The molecule has 1 N–H and O–H groups in total. The molecular formula is C27H30N2O3. The first-order chi connectivity index (χ1) is 15.2. The number of fused-ring (bicyclic) bond motifs is 1. The third-order valence-electron chi connectivity index (χ3n) is 5.59. The van der Waals surface area contributed by atoms with Crippen LogP contribution in [0.15, 0.2) is 66.7 Å². The molecule has 5 nitrogen and oxygen atoms in total. The molecule has 0 bridgehead atoms. The second-order valence-electron chi connectivity index (χ2n) is 8.57. The van der Waals surface area contributed by atoms with Gasteiger partial charge in [0.2, 0.25) is 5.78 Å². The van der Waals surface area contributed by atoms with E-state index in [9.17, 15) is 14.4 Å². The van der Waals surface area contributed by atoms with Crippen LogP contribution in [0.5, 0.6) is 0 Å². The van der Waals surface area contributed by atoms with Crippen LogP contribution in [-0.2, 0) is 4.79 Å². The molecule has 3 aromatic rings. The predicted octanol–water partition coefficient (Wildman–Crippen LogP) is 5.16. The van der Waals surface area contributed by atoms with E-state index in [1.54, 1.807) is 17.0 Å². The van der Waals surface area contributed by atoms with Crippen molar-refractivity contribution in [2.24, 2.45) is 0 Å². The zero-order valence-corrected chi connectivity index (χ0v) is 19.3. The fourth-order valence-corrected chi connectivity index (χ4v) is 4.06. The lowest BCUT2D eigenvalue weighted by Crippen LogP contribution is -2.45. The van der Waals surface area contributed by atoms with Gasteiger partial charge in [0.25, 0.3) is 11.8 Å². The highest BCUT2D eigenvalue weighted by atomic mass is 16.2. The lowest BCUT2D eigenvalue weighted by atomic mass is 9.99. The summed E-state index contributed by atoms with van der Waals surface area (Å²) in [5, 5.41) is 5.25. The van der Waals surface area contributed by atoms with Crippen LogP contribution in [0.25, 0.3) is 10.8 Å². The van der Waals surface area contributed by atoms with E-state index in [2.05, 4.69) is 5.32 Å². The smallest absolute Gasteiger partial charge is 0.295 e. The molecular weight excluding hydrogens is 400 g/mol. The fourth-order valence-electron chi connectivity index (χ4n) is 4.06. The average molecular weight is 431 g/mol. The zero-order chi connectivity index (χ0) is 23.4. The van der Waals surface area contributed by atoms with Crippen LogP contribution < -0.4 is 5.32 Å². The summed E-state index contributed by atoms with van der Waals surface area (Å²) < 4.78 is 0. The number of Topliss-reactive ketones (excluding diaryl/α,β-unsaturated/α-hetero) is 1. The van der Waals surface area contributed by atoms with Crippen molar-refractivity contribution < 1.29 is 14.4 Å². The molecule has 0 aliphatic rings. The number of nitrogens with one attached hydrogen (secondary N) is 1. The summed E-state index contributed by atoms with van der Waals surface area (Å²) in [4.78, 5) is 39.7. The highest BCUT2D eigenvalue weighted by Gasteiger charge is 2.27. The Bertz CT molecular complexity index is 1120. The minimum atomic E-state index is -0.566. The van der Waals surface area contributed by atoms with Gasteiger partial charge in [0.1, 0.15) is 0 Å². The van der Waals surface area contributed by atoms with Crippen LogP contribution in [-0.4, -0.2) is 34.6 Å². The Kier molecular flexibility index (Phi) is 7.08. The van der Waals surface area contributed by atoms with Crippen molar-refractivity contribution in [3.05, 3.63) is 83.4 Å². The third-order valence-corrected chi connectivity index (χ3v) is 5.59. The van der Waals surface area contributed by atoms with Crippen molar-refractivity contribution in [1.29, 1.82) is 0 Å². The van der Waals surface area contributed by atoms with Gasteiger partial charge in [-0.15, -0.1) is 0 Å². The second-order valence-corrected chi connectivity index (χ2v) is 8.57. The average Bonchev–Trinajstić information content (AvgIpc) is 2.77. The van der Waals surface area contributed by atoms with Gasteiger partial charge >= 0.3 is 0 Å². The molecule has 32 heavy (non-hydrogen) atoms. The second kappa shape index (κ2) is 9.77. The highest BCUT2D eigenvalue weighted by molar-refractivity contribution is 6.42. The molecule has 0 fully saturated rings. The molecule has 0 heterocycles. The molecule has 5 heteroatoms. The highest BCUT2D eigenvalue weighted by Crippen LogP contribution is 2.24. The van der Waals surface area contributed by atoms with Crippen LogP contribution in [0.2, 0.25) is 0 Å². The first-order valence-electron chi connectivity index (χ1n) is 11.0. The molecule has 166 valence electrons. The van der Waals surface area contributed by atoms with E-state index in [1.807, 2.05) is 77.1 Å². The van der Waals surface area contributed by atoms with Gasteiger partial charge < -0.3 is 10.2 Å². The minimum Gasteiger partial charge on any atom is -0.345 e. The van der Waals surface area contributed by atoms with Crippen molar-refractivity contribution in [2.75, 3.05) is 0 Å². The monoisotopic (exact) mass is 430 g/mol. The summed E-state index contributed by atoms with van der Waals surface area (Å²) in [5.74, 6) is -1.33. The number of benzene rings is 3. The van der Waals surface area contributed by atoms with Crippen molar-refractivity contribution in [1.82, 2.24) is 10.2 Å². The number of carbonyl (C=O) groups excluding carboxylic acids is 3. The van der Waals surface area contributed by atoms with E-state index < -0.39 is 11.7 Å². The number of ketones is 1. The molecule has 0 aliphatic heterocycles. The zero-order valence-electron chi connectivity index (χ0n) is 19.3. The molecule has 3 rings (SSSR count). The predicted molar refractivity (Wildman–Crippen MR) is 128 cm³/mol. The maximum atomic E-state index is 12.8. The van der Waals surface area contributed by atoms with Crippen LogP contribution in [0.3, 0.4) is 0 Å². The summed E-state index contributed by atoms with van der Waals surface area (Å²) >= 11 is 0. The molecule has 0 unspecified atom stereocenters. The number of carbonyl (C=O) groups is 3. The normalized spacial score (nSPS) is 12.1. The lowest BCUT2D eigenvalue weighted by Gasteiger charge is -2.30. The Hall–Kier alpha value is -3.47. The molecule has 0 radical (unpaired) electrons. The van der Waals surface area contributed by atoms with Crippen molar-refractivity contribution >= 4 is 28.4 Å². The standard InChI is InChI=1S/C27H30N2O3/c1-17(2)29(18(3)4)27(32)25(30)21-13-15-22(16-14-21)26(31)28-19(5)23-12-8-10-20-9-6-7-11-24(20)23/h6-19H,1-5H3,(H,28,31)/t19-/m0/s1. The number of nitrogens with zero attached hydrogens (tertiary/aromatic N) is 1. The largest absolute Gasteiger partial charge is 0.345 e. The summed E-state index contributed by atoms with van der Waals surface area (Å²) in [6, 6.07) is 20.0. The molecule has 0 spiro atoms. The number of hydrogen-bond donors (Lipinski definition) is 1. The van der Waals surface area contributed by atoms with Gasteiger partial charge in [0.15, 0.2) is 0 Å². The summed E-state index contributed by atoms with van der Waals surface area (Å²) in [6.07, 6.45) is 0. The van der Waals surface area contributed by atoms with Crippen molar-refractivity contribution in [3.8, 4) is 0 Å². The SMILES string of the molecule is CC(C)N(C(=O)C(=O)c1ccc(C(=O)N[C@@H](C)c2cccc3ccccc23)cc1)C(C)C. The molecule has 0 aromatic heterocycles. The van der Waals surface area contributed by atoms with E-state index in [1.165, 1.54) is 12.1 Å². The molecule has 3 aromatic carbocycles. The molecule has 2 amide bonds. The van der Waals surface area contributed by atoms with Gasteiger partial charge in [-0.25, -0.2) is 0 Å². The van der Waals surface area contributed by atoms with Gasteiger partial charge in [-0.2, -0.15) is 0 Å². The first kappa shape index (κ1) is 23.2. The van der Waals surface area contributed by atoms with Crippen molar-refractivity contribution in [2.45, 2.75) is 52.7 Å². The molecule has 0 saturated carbocycles. The molecule has 0 saturated heterocycles. The Morgan fingerprint density at radius 3 is 1.91 bits per heavy atom. The first-order valence-corrected chi connectivity index (χ1v) is 11.0. The van der Waals surface area contributed by atoms with E-state index in [-0.39, 0.29) is 29.6 Å². The Morgan fingerprint density at radius 1 is 0.719 bits per heavy atom. The van der Waals surface area contributed by atoms with Gasteiger partial charge in [-0.1, -0.05) is 54.6 Å². The van der Waals surface area contributed by atoms with Gasteiger partial charge in [0.05, 0.1) is 6.04 Å². The third kappa shape index (κ3) is 4.88. The summed E-state index contributed by atoms with van der Waals surface area (Å²) in [5.41, 5.74) is 1.75. The van der Waals surface area contributed by atoms with Gasteiger partial charge in [0, 0.05) is 23.2 Å². The molecule has 0 aliphatic carbocycles. The maximum Gasteiger partial charge on any atom is 0.295 e. The quantitative estimate of drug-likeness (QED) is 0.416. The number of amides is 2.